The number of carbonyl (C=O) groups excluding carboxylic acids is 1. The van der Waals surface area contributed by atoms with Gasteiger partial charge < -0.3 is 25.3 Å². The van der Waals surface area contributed by atoms with Crippen molar-refractivity contribution in [1.82, 2.24) is 4.98 Å². The highest BCUT2D eigenvalue weighted by molar-refractivity contribution is 7.21. The van der Waals surface area contributed by atoms with E-state index >= 15 is 0 Å². The van der Waals surface area contributed by atoms with E-state index < -0.39 is 0 Å². The van der Waals surface area contributed by atoms with Crippen molar-refractivity contribution in [2.24, 2.45) is 0 Å². The van der Waals surface area contributed by atoms with Crippen molar-refractivity contribution in [3.05, 3.63) is 46.8 Å². The maximum atomic E-state index is 13.0. The summed E-state index contributed by atoms with van der Waals surface area (Å²) < 4.78 is 16.7. The third-order valence-corrected chi connectivity index (χ3v) is 6.10. The van der Waals surface area contributed by atoms with E-state index in [9.17, 15) is 4.79 Å². The van der Waals surface area contributed by atoms with Crippen LogP contribution in [0.1, 0.15) is 15.2 Å². The second-order valence-electron chi connectivity index (χ2n) is 7.03. The summed E-state index contributed by atoms with van der Waals surface area (Å²) in [7, 11) is 1.57. The molecule has 3 heterocycles. The molecule has 0 fully saturated rings. The number of thiophene rings is 1. The summed E-state index contributed by atoms with van der Waals surface area (Å²) >= 11 is 1.26. The third-order valence-electron chi connectivity index (χ3n) is 4.99. The summed E-state index contributed by atoms with van der Waals surface area (Å²) in [4.78, 5) is 18.8. The molecule has 152 valence electrons. The van der Waals surface area contributed by atoms with Crippen LogP contribution in [-0.4, -0.2) is 31.2 Å². The van der Waals surface area contributed by atoms with Gasteiger partial charge in [-0.05, 0) is 36.8 Å². The van der Waals surface area contributed by atoms with Gasteiger partial charge in [-0.15, -0.1) is 11.3 Å². The number of amides is 1. The molecule has 3 N–H and O–H groups in total. The van der Waals surface area contributed by atoms with Gasteiger partial charge in [0.15, 0.2) is 11.5 Å². The number of hydrogen-bond donors (Lipinski definition) is 2. The first-order chi connectivity index (χ1) is 14.5. The highest BCUT2D eigenvalue weighted by Gasteiger charge is 2.20. The fourth-order valence-electron chi connectivity index (χ4n) is 3.51. The molecule has 7 nitrogen and oxygen atoms in total. The van der Waals surface area contributed by atoms with E-state index in [1.807, 2.05) is 43.3 Å². The zero-order chi connectivity index (χ0) is 20.8. The van der Waals surface area contributed by atoms with Crippen LogP contribution >= 0.6 is 11.3 Å². The highest BCUT2D eigenvalue weighted by Crippen LogP contribution is 2.39. The topological polar surface area (TPSA) is 95.7 Å². The van der Waals surface area contributed by atoms with Gasteiger partial charge in [-0.25, -0.2) is 4.98 Å². The number of fused-ring (bicyclic) bond motifs is 3. The van der Waals surface area contributed by atoms with E-state index in [-0.39, 0.29) is 5.91 Å². The number of nitrogen functional groups attached to an aromatic ring is 1. The minimum absolute atomic E-state index is 0.297. The molecular weight excluding hydrogens is 402 g/mol. The van der Waals surface area contributed by atoms with Gasteiger partial charge >= 0.3 is 0 Å². The van der Waals surface area contributed by atoms with E-state index in [1.54, 1.807) is 7.11 Å². The largest absolute Gasteiger partial charge is 0.495 e. The first kappa shape index (κ1) is 18.5. The lowest BCUT2D eigenvalue weighted by atomic mass is 10.1. The number of rotatable bonds is 3. The standard InChI is InChI=1S/C22H19N3O4S/c1-11-3-4-16(27-2)15(7-11)24-21(26)20-19(23)13-8-12-9-17-18(29-6-5-28-17)10-14(12)25-22(13)30-20/h3-4,7-10H,5-6,23H2,1-2H3,(H,24,26). The third kappa shape index (κ3) is 3.05. The van der Waals surface area contributed by atoms with Crippen molar-refractivity contribution in [2.45, 2.75) is 6.92 Å². The van der Waals surface area contributed by atoms with E-state index in [2.05, 4.69) is 5.32 Å². The molecule has 8 heteroatoms. The maximum absolute atomic E-state index is 13.0. The Balaban J connectivity index is 1.56. The van der Waals surface area contributed by atoms with Crippen LogP contribution in [0.3, 0.4) is 0 Å². The highest BCUT2D eigenvalue weighted by atomic mass is 32.1. The summed E-state index contributed by atoms with van der Waals surface area (Å²) in [5.74, 6) is 1.65. The van der Waals surface area contributed by atoms with E-state index in [1.165, 1.54) is 11.3 Å². The fourth-order valence-corrected chi connectivity index (χ4v) is 4.48. The number of carbonyl (C=O) groups is 1. The maximum Gasteiger partial charge on any atom is 0.268 e. The molecule has 5 rings (SSSR count). The summed E-state index contributed by atoms with van der Waals surface area (Å²) in [5.41, 5.74) is 9.12. The van der Waals surface area contributed by atoms with Crippen LogP contribution in [0, 0.1) is 6.92 Å². The van der Waals surface area contributed by atoms with Crippen molar-refractivity contribution in [3.8, 4) is 17.2 Å². The number of ether oxygens (including phenoxy) is 3. The van der Waals surface area contributed by atoms with Crippen LogP contribution in [0.15, 0.2) is 36.4 Å². The minimum atomic E-state index is -0.297. The van der Waals surface area contributed by atoms with Gasteiger partial charge in [0.05, 0.1) is 24.0 Å². The molecule has 4 aromatic rings. The lowest BCUT2D eigenvalue weighted by molar-refractivity contribution is 0.103. The van der Waals surface area contributed by atoms with E-state index in [0.717, 1.165) is 21.9 Å². The number of hydrogen-bond acceptors (Lipinski definition) is 7. The lowest BCUT2D eigenvalue weighted by Gasteiger charge is -2.18. The van der Waals surface area contributed by atoms with Crippen LogP contribution in [0.4, 0.5) is 11.4 Å². The van der Waals surface area contributed by atoms with Gasteiger partial charge in [0.25, 0.3) is 5.91 Å². The monoisotopic (exact) mass is 421 g/mol. The second-order valence-corrected chi connectivity index (χ2v) is 8.03. The Labute approximate surface area is 176 Å². The molecule has 0 unspecified atom stereocenters. The Morgan fingerprint density at radius 2 is 1.93 bits per heavy atom. The van der Waals surface area contributed by atoms with Crippen molar-refractivity contribution in [2.75, 3.05) is 31.4 Å². The minimum Gasteiger partial charge on any atom is -0.495 e. The summed E-state index contributed by atoms with van der Waals surface area (Å²) in [6.45, 7) is 2.98. The normalized spacial score (nSPS) is 12.9. The number of methoxy groups -OCH3 is 1. The first-order valence-corrected chi connectivity index (χ1v) is 10.2. The molecule has 0 spiro atoms. The second kappa shape index (κ2) is 7.07. The number of aryl methyl sites for hydroxylation is 1. The van der Waals surface area contributed by atoms with Gasteiger partial charge in [-0.3, -0.25) is 4.79 Å². The number of pyridine rings is 1. The van der Waals surface area contributed by atoms with Crippen LogP contribution in [0.5, 0.6) is 17.2 Å². The SMILES string of the molecule is COc1ccc(C)cc1NC(=O)c1sc2nc3cc4c(cc3cc2c1N)OCCO4. The number of nitrogens with two attached hydrogens (primary N) is 1. The van der Waals surface area contributed by atoms with E-state index in [4.69, 9.17) is 24.9 Å². The van der Waals surface area contributed by atoms with Crippen LogP contribution in [0.25, 0.3) is 21.1 Å². The molecule has 2 aromatic carbocycles. The van der Waals surface area contributed by atoms with Crippen molar-refractivity contribution in [3.63, 3.8) is 0 Å². The number of benzene rings is 2. The van der Waals surface area contributed by atoms with Crippen molar-refractivity contribution in [1.29, 1.82) is 0 Å². The summed E-state index contributed by atoms with van der Waals surface area (Å²) in [6.07, 6.45) is 0. The van der Waals surface area contributed by atoms with Gasteiger partial charge in [0.2, 0.25) is 0 Å². The Morgan fingerprint density at radius 3 is 2.70 bits per heavy atom. The zero-order valence-electron chi connectivity index (χ0n) is 16.4. The van der Waals surface area contributed by atoms with Gasteiger partial charge in [0, 0.05) is 16.8 Å². The number of nitrogens with zero attached hydrogens (tertiary/aromatic N) is 1. The molecule has 0 atom stereocenters. The molecule has 2 aromatic heterocycles. The van der Waals surface area contributed by atoms with Crippen molar-refractivity contribution < 1.29 is 19.0 Å². The molecule has 0 saturated heterocycles. The molecule has 0 saturated carbocycles. The fraction of sp³-hybridized carbons (Fsp3) is 0.182. The molecular formula is C22H19N3O4S. The lowest BCUT2D eigenvalue weighted by Crippen LogP contribution is -2.15. The number of nitrogens with one attached hydrogen (secondary N) is 1. The number of aromatic nitrogens is 1. The average Bonchev–Trinajstić information content (AvgIpc) is 3.06. The van der Waals surface area contributed by atoms with Gasteiger partial charge in [-0.1, -0.05) is 6.07 Å². The molecule has 0 bridgehead atoms. The van der Waals surface area contributed by atoms with Gasteiger partial charge in [0.1, 0.15) is 28.7 Å². The quantitative estimate of drug-likeness (QED) is 0.510. The van der Waals surface area contributed by atoms with Gasteiger partial charge in [-0.2, -0.15) is 0 Å². The molecule has 1 amide bonds. The Morgan fingerprint density at radius 1 is 1.17 bits per heavy atom. The molecule has 1 aliphatic rings. The summed E-state index contributed by atoms with van der Waals surface area (Å²) in [5, 5.41) is 4.52. The Kier molecular flexibility index (Phi) is 4.36. The predicted octanol–water partition coefficient (Wildman–Crippen LogP) is 4.37. The predicted molar refractivity (Wildman–Crippen MR) is 118 cm³/mol. The smallest absolute Gasteiger partial charge is 0.268 e. The molecule has 30 heavy (non-hydrogen) atoms. The van der Waals surface area contributed by atoms with E-state index in [0.29, 0.717) is 51.5 Å². The average molecular weight is 421 g/mol. The van der Waals surface area contributed by atoms with Crippen molar-refractivity contribution >= 4 is 49.7 Å². The first-order valence-electron chi connectivity index (χ1n) is 9.42. The molecule has 0 aliphatic carbocycles. The summed E-state index contributed by atoms with van der Waals surface area (Å²) in [6, 6.07) is 11.3. The Bertz CT molecular complexity index is 1320. The molecule has 0 radical (unpaired) electrons. The number of anilines is 2. The Hall–Kier alpha value is -3.52. The van der Waals surface area contributed by atoms with Crippen LogP contribution in [0.2, 0.25) is 0 Å². The van der Waals surface area contributed by atoms with Crippen LogP contribution < -0.4 is 25.3 Å². The molecule has 1 aliphatic heterocycles. The van der Waals surface area contributed by atoms with Crippen LogP contribution in [-0.2, 0) is 0 Å². The zero-order valence-corrected chi connectivity index (χ0v) is 17.3.